The minimum atomic E-state index is -1.05. The molecule has 2 aliphatic heterocycles. The van der Waals surface area contributed by atoms with E-state index >= 15 is 0 Å². The minimum absolute atomic E-state index is 0.312. The summed E-state index contributed by atoms with van der Waals surface area (Å²) in [6.07, 6.45) is 2.06. The Morgan fingerprint density at radius 2 is 2.12 bits per heavy atom. The maximum atomic E-state index is 10.5. The molecule has 1 unspecified atom stereocenters. The quantitative estimate of drug-likeness (QED) is 0.556. The fourth-order valence-corrected chi connectivity index (χ4v) is 3.94. The standard InChI is InChI=1S/C16H24N6O3/c17-6-9-2-1-4-21(9)7-11-12(23)13(24)16(25-11)22-5-3-10-14(18)19-8-20-15(10)22/h3,5,8-9,11-13,16,23-24H,1-2,4,6-7,17H2,(H2,18,19,20)/t9?,11-,12-,13-,16-/m1/s1. The summed E-state index contributed by atoms with van der Waals surface area (Å²) in [6, 6.07) is 2.10. The monoisotopic (exact) mass is 348 g/mol. The van der Waals surface area contributed by atoms with Crippen LogP contribution >= 0.6 is 0 Å². The maximum Gasteiger partial charge on any atom is 0.164 e. The van der Waals surface area contributed by atoms with Crippen molar-refractivity contribution in [3.05, 3.63) is 18.6 Å². The Balaban J connectivity index is 1.56. The Labute approximate surface area is 145 Å². The van der Waals surface area contributed by atoms with E-state index in [1.807, 2.05) is 0 Å². The molecule has 2 saturated heterocycles. The molecule has 5 atom stereocenters. The summed E-state index contributed by atoms with van der Waals surface area (Å²) in [6.45, 7) is 2.07. The smallest absolute Gasteiger partial charge is 0.164 e. The van der Waals surface area contributed by atoms with E-state index in [9.17, 15) is 10.2 Å². The molecular weight excluding hydrogens is 324 g/mol. The number of ether oxygens (including phenoxy) is 1. The molecule has 2 aromatic heterocycles. The second-order valence-corrected chi connectivity index (χ2v) is 6.79. The van der Waals surface area contributed by atoms with Crippen LogP contribution in [0.4, 0.5) is 5.82 Å². The molecule has 0 radical (unpaired) electrons. The number of nitrogen functional groups attached to an aromatic ring is 1. The van der Waals surface area contributed by atoms with Crippen LogP contribution in [0.3, 0.4) is 0 Å². The van der Waals surface area contributed by atoms with E-state index in [0.717, 1.165) is 19.4 Å². The van der Waals surface area contributed by atoms with Gasteiger partial charge in [0.1, 0.15) is 36.1 Å². The highest BCUT2D eigenvalue weighted by Gasteiger charge is 2.45. The first-order valence-corrected chi connectivity index (χ1v) is 8.63. The van der Waals surface area contributed by atoms with Gasteiger partial charge in [0.15, 0.2) is 6.23 Å². The Kier molecular flexibility index (Phi) is 4.34. The first-order valence-electron chi connectivity index (χ1n) is 8.63. The van der Waals surface area contributed by atoms with Gasteiger partial charge in [-0.05, 0) is 25.5 Å². The predicted molar refractivity (Wildman–Crippen MR) is 91.5 cm³/mol. The van der Waals surface area contributed by atoms with Crippen LogP contribution in [0.25, 0.3) is 11.0 Å². The molecular formula is C16H24N6O3. The van der Waals surface area contributed by atoms with E-state index in [1.165, 1.54) is 6.33 Å². The Morgan fingerprint density at radius 1 is 1.28 bits per heavy atom. The lowest BCUT2D eigenvalue weighted by Gasteiger charge is -2.27. The highest BCUT2D eigenvalue weighted by atomic mass is 16.6. The Bertz CT molecular complexity index is 753. The number of fused-ring (bicyclic) bond motifs is 1. The summed E-state index contributed by atoms with van der Waals surface area (Å²) in [4.78, 5) is 10.4. The van der Waals surface area contributed by atoms with Crippen molar-refractivity contribution < 1.29 is 14.9 Å². The molecule has 0 bridgehead atoms. The summed E-state index contributed by atoms with van der Waals surface area (Å²) in [7, 11) is 0. The van der Waals surface area contributed by atoms with Crippen molar-refractivity contribution in [1.82, 2.24) is 19.4 Å². The molecule has 136 valence electrons. The number of nitrogens with zero attached hydrogens (tertiary/aromatic N) is 4. The number of anilines is 1. The van der Waals surface area contributed by atoms with Crippen LogP contribution in [0.5, 0.6) is 0 Å². The van der Waals surface area contributed by atoms with Crippen LogP contribution in [0.2, 0.25) is 0 Å². The van der Waals surface area contributed by atoms with Gasteiger partial charge in [-0.15, -0.1) is 0 Å². The van der Waals surface area contributed by atoms with Gasteiger partial charge in [-0.2, -0.15) is 0 Å². The molecule has 0 saturated carbocycles. The van der Waals surface area contributed by atoms with Crippen LogP contribution in [0, 0.1) is 0 Å². The van der Waals surface area contributed by atoms with Crippen molar-refractivity contribution in [3.8, 4) is 0 Å². The predicted octanol–water partition coefficient (Wildman–Crippen LogP) is -0.944. The number of aliphatic hydroxyl groups is 2. The molecule has 2 aromatic rings. The van der Waals surface area contributed by atoms with Gasteiger partial charge in [0.05, 0.1) is 5.39 Å². The molecule has 0 aromatic carbocycles. The highest BCUT2D eigenvalue weighted by molar-refractivity contribution is 5.86. The third-order valence-corrected chi connectivity index (χ3v) is 5.34. The number of aromatic nitrogens is 3. The molecule has 9 nitrogen and oxygen atoms in total. The normalized spacial score (nSPS) is 33.5. The summed E-state index contributed by atoms with van der Waals surface area (Å²) < 4.78 is 7.71. The second kappa shape index (κ2) is 6.50. The molecule has 0 spiro atoms. The molecule has 25 heavy (non-hydrogen) atoms. The SMILES string of the molecule is NCC1CCCN1C[C@H]1O[C@@H](n2ccc3c(N)ncnc32)[C@H](O)[C@@H]1O. The second-order valence-electron chi connectivity index (χ2n) is 6.79. The molecule has 0 amide bonds. The molecule has 9 heteroatoms. The van der Waals surface area contributed by atoms with E-state index in [-0.39, 0.29) is 0 Å². The summed E-state index contributed by atoms with van der Waals surface area (Å²) in [5, 5.41) is 21.7. The van der Waals surface area contributed by atoms with Crippen molar-refractivity contribution in [1.29, 1.82) is 0 Å². The lowest BCUT2D eigenvalue weighted by molar-refractivity contribution is -0.0446. The van der Waals surface area contributed by atoms with Crippen molar-refractivity contribution in [2.75, 3.05) is 25.4 Å². The van der Waals surface area contributed by atoms with Crippen molar-refractivity contribution in [3.63, 3.8) is 0 Å². The van der Waals surface area contributed by atoms with Crippen LogP contribution in [0.1, 0.15) is 19.1 Å². The average Bonchev–Trinajstić information content (AvgIpc) is 3.30. The Morgan fingerprint density at radius 3 is 2.92 bits per heavy atom. The molecule has 6 N–H and O–H groups in total. The molecule has 4 heterocycles. The van der Waals surface area contributed by atoms with Crippen molar-refractivity contribution in [2.45, 2.75) is 43.4 Å². The number of aliphatic hydroxyl groups excluding tert-OH is 2. The molecule has 2 fully saturated rings. The third kappa shape index (κ3) is 2.77. The lowest BCUT2D eigenvalue weighted by atomic mass is 10.1. The first kappa shape index (κ1) is 16.7. The van der Waals surface area contributed by atoms with Gasteiger partial charge >= 0.3 is 0 Å². The van der Waals surface area contributed by atoms with Gasteiger partial charge in [-0.25, -0.2) is 9.97 Å². The number of nitrogens with two attached hydrogens (primary N) is 2. The number of hydrogen-bond donors (Lipinski definition) is 4. The number of hydrogen-bond acceptors (Lipinski definition) is 8. The first-order chi connectivity index (χ1) is 12.1. The molecule has 0 aliphatic carbocycles. The molecule has 4 rings (SSSR count). The maximum absolute atomic E-state index is 10.5. The Hall–Kier alpha value is -1.78. The largest absolute Gasteiger partial charge is 0.387 e. The highest BCUT2D eigenvalue weighted by Crippen LogP contribution is 2.33. The fraction of sp³-hybridized carbons (Fsp3) is 0.625. The van der Waals surface area contributed by atoms with Gasteiger partial charge < -0.3 is 31.0 Å². The van der Waals surface area contributed by atoms with Gasteiger partial charge in [0.25, 0.3) is 0 Å². The number of likely N-dealkylation sites (tertiary alicyclic amines) is 1. The molecule has 2 aliphatic rings. The number of rotatable bonds is 4. The minimum Gasteiger partial charge on any atom is -0.387 e. The van der Waals surface area contributed by atoms with Crippen molar-refractivity contribution >= 4 is 16.9 Å². The van der Waals surface area contributed by atoms with E-state index in [2.05, 4.69) is 14.9 Å². The van der Waals surface area contributed by atoms with Crippen molar-refractivity contribution in [2.24, 2.45) is 5.73 Å². The summed E-state index contributed by atoms with van der Waals surface area (Å²) >= 11 is 0. The van der Waals surface area contributed by atoms with E-state index in [0.29, 0.717) is 36.0 Å². The topological polar surface area (TPSA) is 136 Å². The van der Waals surface area contributed by atoms with Crippen LogP contribution < -0.4 is 11.5 Å². The van der Waals surface area contributed by atoms with Crippen LogP contribution in [0.15, 0.2) is 18.6 Å². The summed E-state index contributed by atoms with van der Waals surface area (Å²) in [5.41, 5.74) is 12.3. The van der Waals surface area contributed by atoms with Gasteiger partial charge in [0, 0.05) is 25.3 Å². The zero-order valence-electron chi connectivity index (χ0n) is 13.9. The van der Waals surface area contributed by atoms with Crippen LogP contribution in [-0.2, 0) is 4.74 Å². The zero-order chi connectivity index (χ0) is 17.6. The van der Waals surface area contributed by atoms with Gasteiger partial charge in [-0.3, -0.25) is 4.90 Å². The lowest BCUT2D eigenvalue weighted by Crippen LogP contribution is -2.44. The van der Waals surface area contributed by atoms with Crippen LogP contribution in [-0.4, -0.2) is 73.6 Å². The average molecular weight is 348 g/mol. The van der Waals surface area contributed by atoms with E-state index < -0.39 is 24.5 Å². The third-order valence-electron chi connectivity index (χ3n) is 5.34. The van der Waals surface area contributed by atoms with E-state index in [4.69, 9.17) is 16.2 Å². The van der Waals surface area contributed by atoms with Gasteiger partial charge in [-0.1, -0.05) is 0 Å². The van der Waals surface area contributed by atoms with Gasteiger partial charge in [0.2, 0.25) is 0 Å². The fourth-order valence-electron chi connectivity index (χ4n) is 3.94. The van der Waals surface area contributed by atoms with E-state index in [1.54, 1.807) is 16.8 Å². The zero-order valence-corrected chi connectivity index (χ0v) is 13.9. The summed E-state index contributed by atoms with van der Waals surface area (Å²) in [5.74, 6) is 0.371.